The molecule has 2 heterocycles. The van der Waals surface area contributed by atoms with Gasteiger partial charge in [0, 0.05) is 24.5 Å². The van der Waals surface area contributed by atoms with E-state index in [1.165, 1.54) is 0 Å². The quantitative estimate of drug-likeness (QED) is 0.701. The van der Waals surface area contributed by atoms with Crippen LogP contribution in [0.2, 0.25) is 10.0 Å². The third-order valence-electron chi connectivity index (χ3n) is 4.30. The Bertz CT molecular complexity index is 922. The van der Waals surface area contributed by atoms with Gasteiger partial charge in [0.2, 0.25) is 0 Å². The molecule has 6 nitrogen and oxygen atoms in total. The number of hydrogen-bond acceptors (Lipinski definition) is 5. The molecule has 0 fully saturated rings. The molecule has 0 spiro atoms. The molecule has 2 aliphatic rings. The summed E-state index contributed by atoms with van der Waals surface area (Å²) in [5.74, 6) is -2.33. The average Bonchev–Trinajstić information content (AvgIpc) is 2.67. The van der Waals surface area contributed by atoms with Crippen molar-refractivity contribution in [3.63, 3.8) is 0 Å². The van der Waals surface area contributed by atoms with E-state index in [4.69, 9.17) is 23.2 Å². The highest BCUT2D eigenvalue weighted by molar-refractivity contribution is 7.95. The van der Waals surface area contributed by atoms with Crippen molar-refractivity contribution in [3.05, 3.63) is 55.7 Å². The number of rotatable bonds is 2. The van der Waals surface area contributed by atoms with Crippen LogP contribution in [0.4, 0.5) is 0 Å². The summed E-state index contributed by atoms with van der Waals surface area (Å²) in [4.78, 5) is 12.0. The minimum atomic E-state index is -3.68. The van der Waals surface area contributed by atoms with Gasteiger partial charge in [-0.25, -0.2) is 13.2 Å². The molecule has 0 aliphatic carbocycles. The second-order valence-electron chi connectivity index (χ2n) is 5.88. The molecule has 0 saturated carbocycles. The van der Waals surface area contributed by atoms with Gasteiger partial charge in [-0.15, -0.1) is 0 Å². The summed E-state index contributed by atoms with van der Waals surface area (Å²) in [6.07, 6.45) is 0. The van der Waals surface area contributed by atoms with Gasteiger partial charge in [0.1, 0.15) is 0 Å². The van der Waals surface area contributed by atoms with Gasteiger partial charge in [-0.05, 0) is 18.6 Å². The molecule has 1 unspecified atom stereocenters. The van der Waals surface area contributed by atoms with Crippen molar-refractivity contribution in [3.8, 4) is 0 Å². The van der Waals surface area contributed by atoms with Gasteiger partial charge < -0.3 is 15.7 Å². The van der Waals surface area contributed by atoms with Gasteiger partial charge in [-0.2, -0.15) is 0 Å². The zero-order valence-electron chi connectivity index (χ0n) is 13.3. The molecule has 3 N–H and O–H groups in total. The van der Waals surface area contributed by atoms with Crippen LogP contribution in [0.25, 0.3) is 0 Å². The number of aliphatic carboxylic acids is 1. The van der Waals surface area contributed by atoms with Gasteiger partial charge in [0.05, 0.1) is 32.2 Å². The fourth-order valence-electron chi connectivity index (χ4n) is 3.23. The van der Waals surface area contributed by atoms with Crippen LogP contribution in [0, 0.1) is 0 Å². The molecule has 134 valence electrons. The number of carbonyl (C=O) groups is 1. The number of hydrogen-bond donors (Lipinski definition) is 3. The Hall–Kier alpha value is -1.54. The van der Waals surface area contributed by atoms with Crippen LogP contribution < -0.4 is 10.6 Å². The Kier molecular flexibility index (Phi) is 4.85. The molecule has 3 rings (SSSR count). The van der Waals surface area contributed by atoms with Gasteiger partial charge in [-0.3, -0.25) is 0 Å². The topological polar surface area (TPSA) is 95.5 Å². The minimum absolute atomic E-state index is 0.0460. The lowest BCUT2D eigenvalue weighted by molar-refractivity contribution is -0.133. The molecule has 1 aromatic rings. The minimum Gasteiger partial charge on any atom is -0.478 e. The Labute approximate surface area is 155 Å². The standard InChI is InChI=1S/C16H16Cl2N2O4S/c1-8-12(16(21)22)13(9-3-2-4-10(17)14(9)18)15-11(20-8)7-19-5-6-25(15,23)24/h2-4,13,19-20H,5-7H2,1H3,(H,21,22). The average molecular weight is 403 g/mol. The van der Waals surface area contributed by atoms with E-state index in [2.05, 4.69) is 10.6 Å². The van der Waals surface area contributed by atoms with E-state index < -0.39 is 21.7 Å². The number of nitrogens with one attached hydrogen (secondary N) is 2. The predicted molar refractivity (Wildman–Crippen MR) is 96.4 cm³/mol. The first kappa shape index (κ1) is 18.3. The molecule has 1 atom stereocenters. The fourth-order valence-corrected chi connectivity index (χ4v) is 5.38. The summed E-state index contributed by atoms with van der Waals surface area (Å²) < 4.78 is 25.7. The molecule has 0 amide bonds. The van der Waals surface area contributed by atoms with Crippen LogP contribution >= 0.6 is 23.2 Å². The summed E-state index contributed by atoms with van der Waals surface area (Å²) in [7, 11) is -3.68. The second-order valence-corrected chi connectivity index (χ2v) is 8.75. The molecular formula is C16H16Cl2N2O4S. The Morgan fingerprint density at radius 3 is 2.72 bits per heavy atom. The fraction of sp³-hybridized carbons (Fsp3) is 0.312. The highest BCUT2D eigenvalue weighted by atomic mass is 35.5. The van der Waals surface area contributed by atoms with Crippen molar-refractivity contribution in [2.75, 3.05) is 18.8 Å². The molecule has 0 aromatic heterocycles. The van der Waals surface area contributed by atoms with Crippen LogP contribution in [0.3, 0.4) is 0 Å². The third-order valence-corrected chi connectivity index (χ3v) is 7.03. The van der Waals surface area contributed by atoms with E-state index in [0.29, 0.717) is 23.5 Å². The number of carboxylic acid groups (broad SMARTS) is 1. The number of halogens is 2. The molecule has 0 saturated heterocycles. The monoisotopic (exact) mass is 402 g/mol. The Balaban J connectivity index is 2.34. The lowest BCUT2D eigenvalue weighted by atomic mass is 9.86. The van der Waals surface area contributed by atoms with Crippen molar-refractivity contribution in [2.45, 2.75) is 12.8 Å². The first-order valence-corrected chi connectivity index (χ1v) is 9.96. The maximum Gasteiger partial charge on any atom is 0.334 e. The maximum atomic E-state index is 12.9. The van der Waals surface area contributed by atoms with Crippen LogP contribution in [0.1, 0.15) is 18.4 Å². The first-order chi connectivity index (χ1) is 11.7. The summed E-state index contributed by atoms with van der Waals surface area (Å²) in [5.41, 5.74) is 1.14. The SMILES string of the molecule is CC1=C(C(=O)O)C(c2cccc(Cl)c2Cl)C2=C(CNCCS2(=O)=O)N1. The maximum absolute atomic E-state index is 12.9. The highest BCUT2D eigenvalue weighted by Crippen LogP contribution is 2.45. The normalized spacial score (nSPS) is 22.9. The van der Waals surface area contributed by atoms with Crippen molar-refractivity contribution in [1.82, 2.24) is 10.6 Å². The van der Waals surface area contributed by atoms with Crippen LogP contribution in [-0.2, 0) is 14.6 Å². The largest absolute Gasteiger partial charge is 0.478 e. The molecule has 1 aromatic carbocycles. The Morgan fingerprint density at radius 1 is 1.32 bits per heavy atom. The zero-order valence-corrected chi connectivity index (χ0v) is 15.6. The van der Waals surface area contributed by atoms with E-state index in [9.17, 15) is 18.3 Å². The van der Waals surface area contributed by atoms with E-state index in [1.807, 2.05) is 0 Å². The summed E-state index contributed by atoms with van der Waals surface area (Å²) in [5, 5.41) is 16.1. The van der Waals surface area contributed by atoms with Crippen LogP contribution in [-0.4, -0.2) is 38.3 Å². The van der Waals surface area contributed by atoms with Crippen LogP contribution in [0.5, 0.6) is 0 Å². The number of benzene rings is 1. The summed E-state index contributed by atoms with van der Waals surface area (Å²) >= 11 is 12.4. The van der Waals surface area contributed by atoms with Gasteiger partial charge in [-0.1, -0.05) is 35.3 Å². The molecular weight excluding hydrogens is 387 g/mol. The van der Waals surface area contributed by atoms with Crippen molar-refractivity contribution in [2.24, 2.45) is 0 Å². The second kappa shape index (κ2) is 6.64. The molecule has 2 aliphatic heterocycles. The van der Waals surface area contributed by atoms with E-state index >= 15 is 0 Å². The Morgan fingerprint density at radius 2 is 2.04 bits per heavy atom. The smallest absolute Gasteiger partial charge is 0.334 e. The number of allylic oxidation sites excluding steroid dienone is 2. The highest BCUT2D eigenvalue weighted by Gasteiger charge is 2.41. The van der Waals surface area contributed by atoms with Crippen molar-refractivity contribution >= 4 is 39.0 Å². The summed E-state index contributed by atoms with van der Waals surface area (Å²) in [6, 6.07) is 4.81. The number of dihydropyridines is 1. The van der Waals surface area contributed by atoms with Crippen molar-refractivity contribution < 1.29 is 18.3 Å². The molecule has 25 heavy (non-hydrogen) atoms. The number of carboxylic acids is 1. The number of sulfone groups is 1. The predicted octanol–water partition coefficient (Wildman–Crippen LogP) is 2.27. The van der Waals surface area contributed by atoms with Crippen molar-refractivity contribution in [1.29, 1.82) is 0 Å². The molecule has 0 radical (unpaired) electrons. The van der Waals surface area contributed by atoms with E-state index in [0.717, 1.165) is 0 Å². The lowest BCUT2D eigenvalue weighted by Gasteiger charge is -2.31. The van der Waals surface area contributed by atoms with E-state index in [1.54, 1.807) is 25.1 Å². The van der Waals surface area contributed by atoms with Gasteiger partial charge >= 0.3 is 5.97 Å². The third kappa shape index (κ3) is 3.17. The van der Waals surface area contributed by atoms with Gasteiger partial charge in [0.15, 0.2) is 9.84 Å². The van der Waals surface area contributed by atoms with Crippen LogP contribution in [0.15, 0.2) is 40.1 Å². The molecule has 9 heteroatoms. The van der Waals surface area contributed by atoms with Gasteiger partial charge in [0.25, 0.3) is 0 Å². The van der Waals surface area contributed by atoms with E-state index in [-0.39, 0.29) is 32.8 Å². The first-order valence-electron chi connectivity index (χ1n) is 7.55. The zero-order chi connectivity index (χ0) is 18.4. The summed E-state index contributed by atoms with van der Waals surface area (Å²) in [6.45, 7) is 2.19. The molecule has 0 bridgehead atoms. The lowest BCUT2D eigenvalue weighted by Crippen LogP contribution is -2.33.